The van der Waals surface area contributed by atoms with E-state index in [-0.39, 0.29) is 0 Å². The second-order valence-electron chi connectivity index (χ2n) is 5.15. The molecule has 0 saturated heterocycles. The Balaban J connectivity index is 1.96. The zero-order valence-corrected chi connectivity index (χ0v) is 12.3. The molecule has 3 unspecified atom stereocenters. The number of hydrogen-bond donors (Lipinski definition) is 1. The molecule has 1 aliphatic rings. The third-order valence-electron chi connectivity index (χ3n) is 4.02. The van der Waals surface area contributed by atoms with Crippen LogP contribution in [0.2, 0.25) is 0 Å². The molecule has 2 rings (SSSR count). The molecule has 0 heterocycles. The van der Waals surface area contributed by atoms with Crippen molar-refractivity contribution in [3.8, 4) is 0 Å². The standard InChI is InChI=1S/C15H22BrN/c1-3-12-5-4-6-15(12)17-11(2)13-7-9-14(16)10-8-13/h7-12,15,17H,3-6H2,1-2H3. The number of hydrogen-bond acceptors (Lipinski definition) is 1. The first-order valence-electron chi connectivity index (χ1n) is 6.72. The van der Waals surface area contributed by atoms with Gasteiger partial charge >= 0.3 is 0 Å². The average Bonchev–Trinajstić information content (AvgIpc) is 2.77. The minimum absolute atomic E-state index is 0.459. The highest BCUT2D eigenvalue weighted by Gasteiger charge is 2.26. The van der Waals surface area contributed by atoms with E-state index in [0.29, 0.717) is 6.04 Å². The van der Waals surface area contributed by atoms with E-state index in [1.54, 1.807) is 0 Å². The van der Waals surface area contributed by atoms with Crippen molar-refractivity contribution in [2.75, 3.05) is 0 Å². The SMILES string of the molecule is CCC1CCCC1NC(C)c1ccc(Br)cc1. The summed E-state index contributed by atoms with van der Waals surface area (Å²) in [5.74, 6) is 0.882. The summed E-state index contributed by atoms with van der Waals surface area (Å²) in [4.78, 5) is 0. The average molecular weight is 296 g/mol. The van der Waals surface area contributed by atoms with Crippen molar-refractivity contribution in [3.63, 3.8) is 0 Å². The highest BCUT2D eigenvalue weighted by Crippen LogP contribution is 2.30. The molecule has 0 spiro atoms. The van der Waals surface area contributed by atoms with E-state index in [1.165, 1.54) is 31.2 Å². The number of rotatable bonds is 4. The Morgan fingerprint density at radius 3 is 2.65 bits per heavy atom. The van der Waals surface area contributed by atoms with E-state index in [4.69, 9.17) is 0 Å². The molecule has 3 atom stereocenters. The Morgan fingerprint density at radius 1 is 1.29 bits per heavy atom. The first kappa shape index (κ1) is 13.1. The first-order valence-corrected chi connectivity index (χ1v) is 7.51. The molecule has 2 heteroatoms. The maximum atomic E-state index is 3.80. The highest BCUT2D eigenvalue weighted by atomic mass is 79.9. The molecule has 1 fully saturated rings. The summed E-state index contributed by atoms with van der Waals surface area (Å²) in [5.41, 5.74) is 1.38. The molecule has 94 valence electrons. The lowest BCUT2D eigenvalue weighted by Gasteiger charge is -2.24. The van der Waals surface area contributed by atoms with Gasteiger partial charge < -0.3 is 5.32 Å². The summed E-state index contributed by atoms with van der Waals surface area (Å²) in [6, 6.07) is 9.84. The molecule has 0 aromatic heterocycles. The van der Waals surface area contributed by atoms with E-state index < -0.39 is 0 Å². The van der Waals surface area contributed by atoms with E-state index >= 15 is 0 Å². The highest BCUT2D eigenvalue weighted by molar-refractivity contribution is 9.10. The van der Waals surface area contributed by atoms with Crippen LogP contribution < -0.4 is 5.32 Å². The van der Waals surface area contributed by atoms with Crippen LogP contribution in [0.4, 0.5) is 0 Å². The lowest BCUT2D eigenvalue weighted by atomic mass is 9.98. The van der Waals surface area contributed by atoms with Gasteiger partial charge in [0, 0.05) is 16.6 Å². The van der Waals surface area contributed by atoms with E-state index in [2.05, 4.69) is 59.4 Å². The van der Waals surface area contributed by atoms with Gasteiger partial charge in [-0.3, -0.25) is 0 Å². The van der Waals surface area contributed by atoms with Gasteiger partial charge in [0.05, 0.1) is 0 Å². The summed E-state index contributed by atoms with van der Waals surface area (Å²) in [7, 11) is 0. The molecule has 1 nitrogen and oxygen atoms in total. The van der Waals surface area contributed by atoms with Gasteiger partial charge in [-0.15, -0.1) is 0 Å². The molecule has 1 N–H and O–H groups in total. The molecular formula is C15H22BrN. The molecule has 1 aliphatic carbocycles. The topological polar surface area (TPSA) is 12.0 Å². The second-order valence-corrected chi connectivity index (χ2v) is 6.06. The van der Waals surface area contributed by atoms with Crippen LogP contribution >= 0.6 is 15.9 Å². The molecule has 0 amide bonds. The maximum Gasteiger partial charge on any atom is 0.0294 e. The fourth-order valence-electron chi connectivity index (χ4n) is 2.91. The summed E-state index contributed by atoms with van der Waals surface area (Å²) in [6.45, 7) is 4.59. The summed E-state index contributed by atoms with van der Waals surface area (Å²) < 4.78 is 1.15. The lowest BCUT2D eigenvalue weighted by molar-refractivity contribution is 0.360. The summed E-state index contributed by atoms with van der Waals surface area (Å²) in [6.07, 6.45) is 5.45. The van der Waals surface area contributed by atoms with Crippen molar-refractivity contribution in [3.05, 3.63) is 34.3 Å². The van der Waals surface area contributed by atoms with Gasteiger partial charge in [0.1, 0.15) is 0 Å². The molecule has 1 aromatic rings. The van der Waals surface area contributed by atoms with Crippen LogP contribution in [0.1, 0.15) is 51.1 Å². The summed E-state index contributed by atoms with van der Waals surface area (Å²) in [5, 5.41) is 3.80. The van der Waals surface area contributed by atoms with E-state index in [9.17, 15) is 0 Å². The zero-order chi connectivity index (χ0) is 12.3. The fraction of sp³-hybridized carbons (Fsp3) is 0.600. The molecular weight excluding hydrogens is 274 g/mol. The number of benzene rings is 1. The molecule has 0 radical (unpaired) electrons. The van der Waals surface area contributed by atoms with Crippen molar-refractivity contribution in [1.82, 2.24) is 5.32 Å². The Labute approximate surface area is 113 Å². The number of halogens is 1. The minimum Gasteiger partial charge on any atom is -0.307 e. The van der Waals surface area contributed by atoms with Gasteiger partial charge in [0.15, 0.2) is 0 Å². The van der Waals surface area contributed by atoms with Crippen molar-refractivity contribution in [2.24, 2.45) is 5.92 Å². The monoisotopic (exact) mass is 295 g/mol. The van der Waals surface area contributed by atoms with Crippen LogP contribution in [0.3, 0.4) is 0 Å². The zero-order valence-electron chi connectivity index (χ0n) is 10.7. The Hall–Kier alpha value is -0.340. The first-order chi connectivity index (χ1) is 8.20. The Bertz CT molecular complexity index is 346. The predicted molar refractivity (Wildman–Crippen MR) is 77.1 cm³/mol. The number of nitrogens with one attached hydrogen (secondary N) is 1. The normalized spacial score (nSPS) is 26.1. The van der Waals surface area contributed by atoms with Crippen LogP contribution in [-0.2, 0) is 0 Å². The van der Waals surface area contributed by atoms with Gasteiger partial charge in [-0.1, -0.05) is 47.8 Å². The van der Waals surface area contributed by atoms with Gasteiger partial charge in [-0.05, 0) is 43.4 Å². The minimum atomic E-state index is 0.459. The third kappa shape index (κ3) is 3.32. The molecule has 0 aliphatic heterocycles. The smallest absolute Gasteiger partial charge is 0.0294 e. The van der Waals surface area contributed by atoms with Crippen molar-refractivity contribution in [1.29, 1.82) is 0 Å². The van der Waals surface area contributed by atoms with Crippen LogP contribution in [0.15, 0.2) is 28.7 Å². The van der Waals surface area contributed by atoms with E-state index in [0.717, 1.165) is 16.4 Å². The van der Waals surface area contributed by atoms with Crippen molar-refractivity contribution in [2.45, 2.75) is 51.6 Å². The molecule has 17 heavy (non-hydrogen) atoms. The van der Waals surface area contributed by atoms with Crippen molar-refractivity contribution >= 4 is 15.9 Å². The predicted octanol–water partition coefficient (Wildman–Crippen LogP) is 4.68. The Morgan fingerprint density at radius 2 is 2.00 bits per heavy atom. The van der Waals surface area contributed by atoms with Gasteiger partial charge in [0.25, 0.3) is 0 Å². The van der Waals surface area contributed by atoms with Crippen molar-refractivity contribution < 1.29 is 0 Å². The van der Waals surface area contributed by atoms with Gasteiger partial charge in [-0.2, -0.15) is 0 Å². The molecule has 1 aromatic carbocycles. The van der Waals surface area contributed by atoms with Crippen LogP contribution in [-0.4, -0.2) is 6.04 Å². The fourth-order valence-corrected chi connectivity index (χ4v) is 3.18. The van der Waals surface area contributed by atoms with Crippen LogP contribution in [0.25, 0.3) is 0 Å². The summed E-state index contributed by atoms with van der Waals surface area (Å²) >= 11 is 3.48. The molecule has 1 saturated carbocycles. The largest absolute Gasteiger partial charge is 0.307 e. The van der Waals surface area contributed by atoms with Crippen LogP contribution in [0.5, 0.6) is 0 Å². The maximum absolute atomic E-state index is 3.80. The van der Waals surface area contributed by atoms with Gasteiger partial charge in [0.2, 0.25) is 0 Å². The van der Waals surface area contributed by atoms with Crippen LogP contribution in [0, 0.1) is 5.92 Å². The second kappa shape index (κ2) is 6.01. The molecule has 0 bridgehead atoms. The van der Waals surface area contributed by atoms with Gasteiger partial charge in [-0.25, -0.2) is 0 Å². The third-order valence-corrected chi connectivity index (χ3v) is 4.55. The quantitative estimate of drug-likeness (QED) is 0.850. The lowest BCUT2D eigenvalue weighted by Crippen LogP contribution is -2.34. The Kier molecular flexibility index (Phi) is 4.63. The van der Waals surface area contributed by atoms with E-state index in [1.807, 2.05) is 0 Å².